The van der Waals surface area contributed by atoms with Crippen LogP contribution < -0.4 is 0 Å². The molecule has 0 aromatic heterocycles. The zero-order chi connectivity index (χ0) is 20.7. The van der Waals surface area contributed by atoms with Crippen LogP contribution >= 0.6 is 0 Å². The Hall–Kier alpha value is -1.98. The highest BCUT2D eigenvalue weighted by molar-refractivity contribution is 7.91. The van der Waals surface area contributed by atoms with Crippen LogP contribution in [0.4, 0.5) is 17.6 Å². The third-order valence-electron chi connectivity index (χ3n) is 4.07. The van der Waals surface area contributed by atoms with Crippen molar-refractivity contribution in [2.75, 3.05) is 0 Å². The Balaban J connectivity index is 2.74. The molecular weight excluding hydrogens is 412 g/mol. The van der Waals surface area contributed by atoms with Crippen molar-refractivity contribution in [2.45, 2.75) is 40.9 Å². The summed E-state index contributed by atoms with van der Waals surface area (Å²) in [5.41, 5.74) is 0.725. The summed E-state index contributed by atoms with van der Waals surface area (Å²) in [5.74, 6) is -10.1. The number of hydrogen-bond donors (Lipinski definition) is 0. The largest absolute Gasteiger partial charge is 0.744 e. The maximum absolute atomic E-state index is 14.1. The Morgan fingerprint density at radius 2 is 1.26 bits per heavy atom. The van der Waals surface area contributed by atoms with Crippen molar-refractivity contribution in [3.8, 4) is 0 Å². The molecule has 2 rings (SSSR count). The van der Waals surface area contributed by atoms with Crippen LogP contribution in [0.2, 0.25) is 0 Å². The van der Waals surface area contributed by atoms with E-state index in [2.05, 4.69) is 0 Å². The molecule has 0 spiro atoms. The van der Waals surface area contributed by atoms with Crippen LogP contribution in [0.1, 0.15) is 31.7 Å². The summed E-state index contributed by atoms with van der Waals surface area (Å²) < 4.78 is 113. The van der Waals surface area contributed by atoms with Crippen LogP contribution in [0.25, 0.3) is 0 Å². The summed E-state index contributed by atoms with van der Waals surface area (Å²) >= 11 is 0. The molecule has 11 heteroatoms. The van der Waals surface area contributed by atoms with Crippen molar-refractivity contribution >= 4 is 20.0 Å². The van der Waals surface area contributed by atoms with E-state index in [9.17, 15) is 39.0 Å². The molecule has 27 heavy (non-hydrogen) atoms. The first kappa shape index (κ1) is 21.3. The minimum atomic E-state index is -5.93. The average Bonchev–Trinajstić information content (AvgIpc) is 2.58. The number of sulfone groups is 1. The molecule has 148 valence electrons. The van der Waals surface area contributed by atoms with Crippen LogP contribution in [0.5, 0.6) is 0 Å². The lowest BCUT2D eigenvalue weighted by Crippen LogP contribution is -2.16. The van der Waals surface area contributed by atoms with Crippen LogP contribution in [0, 0.1) is 23.3 Å². The van der Waals surface area contributed by atoms with Crippen LogP contribution in [0.3, 0.4) is 0 Å². The predicted octanol–water partition coefficient (Wildman–Crippen LogP) is 3.49. The van der Waals surface area contributed by atoms with Gasteiger partial charge in [-0.25, -0.2) is 34.4 Å². The van der Waals surface area contributed by atoms with E-state index in [1.807, 2.05) is 13.8 Å². The van der Waals surface area contributed by atoms with E-state index < -0.39 is 57.9 Å². The third-order valence-corrected chi connectivity index (χ3v) is 6.72. The number of hydrogen-bond acceptors (Lipinski definition) is 5. The van der Waals surface area contributed by atoms with E-state index in [4.69, 9.17) is 0 Å². The smallest absolute Gasteiger partial charge is 0.212 e. The van der Waals surface area contributed by atoms with Gasteiger partial charge in [0, 0.05) is 0 Å². The molecule has 0 saturated heterocycles. The molecule has 0 fully saturated rings. The van der Waals surface area contributed by atoms with Crippen molar-refractivity contribution in [3.05, 3.63) is 53.1 Å². The molecular formula is C16H13F4O5S2-. The Bertz CT molecular complexity index is 1070. The summed E-state index contributed by atoms with van der Waals surface area (Å²) in [6.07, 6.45) is 0.733. The van der Waals surface area contributed by atoms with E-state index >= 15 is 0 Å². The van der Waals surface area contributed by atoms with Gasteiger partial charge in [0.05, 0.1) is 4.90 Å². The first-order chi connectivity index (χ1) is 12.3. The normalized spacial score (nSPS) is 13.6. The fraction of sp³-hybridized carbons (Fsp3) is 0.250. The number of halogens is 4. The van der Waals surface area contributed by atoms with E-state index in [0.717, 1.165) is 24.1 Å². The highest BCUT2D eigenvalue weighted by Gasteiger charge is 2.36. The summed E-state index contributed by atoms with van der Waals surface area (Å²) in [5, 5.41) is 0. The van der Waals surface area contributed by atoms with Crippen LogP contribution in [0.15, 0.2) is 39.0 Å². The zero-order valence-electron chi connectivity index (χ0n) is 14.0. The monoisotopic (exact) mass is 425 g/mol. The summed E-state index contributed by atoms with van der Waals surface area (Å²) in [6.45, 7) is 3.74. The standard InChI is InChI=1S/C16H14F4O5S2/c1-3-8(2)9-4-6-10(7-5-9)26(21,22)15-11(17)13(19)16(27(23,24)25)14(20)12(15)18/h4-8H,3H2,1-2H3,(H,23,24,25)/p-1. The number of benzene rings is 2. The van der Waals surface area contributed by atoms with Crippen molar-refractivity contribution in [1.29, 1.82) is 0 Å². The highest BCUT2D eigenvalue weighted by Crippen LogP contribution is 2.33. The van der Waals surface area contributed by atoms with Crippen LogP contribution in [-0.2, 0) is 20.0 Å². The molecule has 2 aromatic carbocycles. The molecule has 0 N–H and O–H groups in total. The minimum absolute atomic E-state index is 0.0617. The summed E-state index contributed by atoms with van der Waals surface area (Å²) in [7, 11) is -11.0. The van der Waals surface area contributed by atoms with E-state index in [-0.39, 0.29) is 5.92 Å². The lowest BCUT2D eigenvalue weighted by atomic mass is 9.99. The fourth-order valence-electron chi connectivity index (χ4n) is 2.38. The van der Waals surface area contributed by atoms with Gasteiger partial charge in [-0.2, -0.15) is 0 Å². The third kappa shape index (κ3) is 3.71. The van der Waals surface area contributed by atoms with E-state index in [1.165, 1.54) is 12.1 Å². The minimum Gasteiger partial charge on any atom is -0.744 e. The first-order valence-electron chi connectivity index (χ1n) is 7.50. The molecule has 2 aromatic rings. The Labute approximate surface area is 153 Å². The molecule has 0 bridgehead atoms. The van der Waals surface area contributed by atoms with Gasteiger partial charge in [0.1, 0.15) is 19.9 Å². The predicted molar refractivity (Wildman–Crippen MR) is 84.8 cm³/mol. The van der Waals surface area contributed by atoms with Gasteiger partial charge in [-0.1, -0.05) is 26.0 Å². The fourth-order valence-corrected chi connectivity index (χ4v) is 4.38. The highest BCUT2D eigenvalue weighted by atomic mass is 32.2. The zero-order valence-corrected chi connectivity index (χ0v) is 15.6. The molecule has 0 aliphatic rings. The average molecular weight is 425 g/mol. The maximum Gasteiger partial charge on any atom is 0.212 e. The molecule has 0 aliphatic carbocycles. The Morgan fingerprint density at radius 3 is 1.63 bits per heavy atom. The van der Waals surface area contributed by atoms with Gasteiger partial charge in [0.25, 0.3) is 0 Å². The second-order valence-electron chi connectivity index (χ2n) is 5.75. The van der Waals surface area contributed by atoms with Gasteiger partial charge >= 0.3 is 0 Å². The molecule has 5 nitrogen and oxygen atoms in total. The topological polar surface area (TPSA) is 91.3 Å². The van der Waals surface area contributed by atoms with Gasteiger partial charge in [0.2, 0.25) is 9.84 Å². The van der Waals surface area contributed by atoms with Crippen molar-refractivity contribution in [2.24, 2.45) is 0 Å². The molecule has 1 atom stereocenters. The van der Waals surface area contributed by atoms with Crippen molar-refractivity contribution in [3.63, 3.8) is 0 Å². The van der Waals surface area contributed by atoms with Crippen LogP contribution in [-0.4, -0.2) is 21.4 Å². The molecule has 1 unspecified atom stereocenters. The SMILES string of the molecule is CCC(C)c1ccc(S(=O)(=O)c2c(F)c(F)c(S(=O)(=O)[O-])c(F)c2F)cc1. The molecule has 0 amide bonds. The van der Waals surface area contributed by atoms with Crippen molar-refractivity contribution < 1.29 is 39.0 Å². The maximum atomic E-state index is 14.1. The van der Waals surface area contributed by atoms with Gasteiger partial charge in [0.15, 0.2) is 23.3 Å². The summed E-state index contributed by atoms with van der Waals surface area (Å²) in [6, 6.07) is 4.76. The number of rotatable bonds is 5. The molecule has 0 radical (unpaired) electrons. The molecule has 0 aliphatic heterocycles. The first-order valence-corrected chi connectivity index (χ1v) is 10.4. The van der Waals surface area contributed by atoms with E-state index in [1.54, 1.807) is 0 Å². The van der Waals surface area contributed by atoms with E-state index in [0.29, 0.717) is 0 Å². The second-order valence-corrected chi connectivity index (χ2v) is 8.95. The second kappa shape index (κ2) is 7.21. The Morgan fingerprint density at radius 1 is 0.852 bits per heavy atom. The Kier molecular flexibility index (Phi) is 5.69. The van der Waals surface area contributed by atoms with Gasteiger partial charge in [-0.15, -0.1) is 0 Å². The summed E-state index contributed by atoms with van der Waals surface area (Å²) in [4.78, 5) is -5.09. The van der Waals surface area contributed by atoms with Gasteiger partial charge in [-0.05, 0) is 30.0 Å². The van der Waals surface area contributed by atoms with Crippen molar-refractivity contribution in [1.82, 2.24) is 0 Å². The van der Waals surface area contributed by atoms with Gasteiger partial charge < -0.3 is 4.55 Å². The molecule has 0 saturated carbocycles. The molecule has 0 heterocycles. The lowest BCUT2D eigenvalue weighted by Gasteiger charge is -2.15. The quantitative estimate of drug-likeness (QED) is 0.415. The van der Waals surface area contributed by atoms with Gasteiger partial charge in [-0.3, -0.25) is 0 Å². The lowest BCUT2D eigenvalue weighted by molar-refractivity contribution is 0.377.